The van der Waals surface area contributed by atoms with Crippen LogP contribution in [0.4, 0.5) is 0 Å². The summed E-state index contributed by atoms with van der Waals surface area (Å²) in [6, 6.07) is 0. The minimum atomic E-state index is -0.405. The molecule has 0 aliphatic carbocycles. The van der Waals surface area contributed by atoms with Crippen LogP contribution in [-0.4, -0.2) is 23.7 Å². The van der Waals surface area contributed by atoms with Crippen molar-refractivity contribution in [3.05, 3.63) is 12.7 Å². The number of carbonyl (C=O) groups excluding carboxylic acids is 1. The zero-order chi connectivity index (χ0) is 10.1. The molecule has 13 heavy (non-hydrogen) atoms. The van der Waals surface area contributed by atoms with Crippen LogP contribution in [-0.2, 0) is 4.79 Å². The predicted molar refractivity (Wildman–Crippen MR) is 53.4 cm³/mol. The number of aliphatic hydroxyl groups is 1. The lowest BCUT2D eigenvalue weighted by Gasteiger charge is -2.09. The third-order valence-corrected chi connectivity index (χ3v) is 1.73. The SMILES string of the molecule is C=CCCC(=O)NCC(O)CCC. The Bertz CT molecular complexity index is 157. The fourth-order valence-electron chi connectivity index (χ4n) is 0.988. The molecule has 0 saturated carbocycles. The highest BCUT2D eigenvalue weighted by molar-refractivity contribution is 5.75. The Morgan fingerprint density at radius 3 is 2.92 bits per heavy atom. The highest BCUT2D eigenvalue weighted by atomic mass is 16.3. The monoisotopic (exact) mass is 185 g/mol. The molecule has 76 valence electrons. The predicted octanol–water partition coefficient (Wildman–Crippen LogP) is 1.23. The Balaban J connectivity index is 3.39. The first-order valence-electron chi connectivity index (χ1n) is 4.76. The summed E-state index contributed by atoms with van der Waals surface area (Å²) < 4.78 is 0. The molecule has 0 fully saturated rings. The maximum Gasteiger partial charge on any atom is 0.220 e. The first-order valence-corrected chi connectivity index (χ1v) is 4.76. The Labute approximate surface area is 79.8 Å². The van der Waals surface area contributed by atoms with Gasteiger partial charge in [-0.25, -0.2) is 0 Å². The van der Waals surface area contributed by atoms with E-state index in [2.05, 4.69) is 11.9 Å². The molecule has 3 heteroatoms. The molecule has 0 saturated heterocycles. The number of allylic oxidation sites excluding steroid dienone is 1. The topological polar surface area (TPSA) is 49.3 Å². The molecule has 1 atom stereocenters. The van der Waals surface area contributed by atoms with Crippen LogP contribution in [0, 0.1) is 0 Å². The Morgan fingerprint density at radius 2 is 2.38 bits per heavy atom. The summed E-state index contributed by atoms with van der Waals surface area (Å²) in [4.78, 5) is 11.0. The van der Waals surface area contributed by atoms with Crippen LogP contribution in [0.3, 0.4) is 0 Å². The van der Waals surface area contributed by atoms with Crippen LogP contribution >= 0.6 is 0 Å². The lowest BCUT2D eigenvalue weighted by atomic mass is 10.2. The van der Waals surface area contributed by atoms with Gasteiger partial charge in [-0.1, -0.05) is 19.4 Å². The third kappa shape index (κ3) is 7.53. The molecule has 0 aliphatic rings. The van der Waals surface area contributed by atoms with Gasteiger partial charge in [0.05, 0.1) is 6.10 Å². The van der Waals surface area contributed by atoms with Gasteiger partial charge in [0.1, 0.15) is 0 Å². The van der Waals surface area contributed by atoms with E-state index in [1.165, 1.54) is 0 Å². The van der Waals surface area contributed by atoms with E-state index in [-0.39, 0.29) is 5.91 Å². The van der Waals surface area contributed by atoms with Crippen LogP contribution in [0.5, 0.6) is 0 Å². The molecule has 1 amide bonds. The maximum absolute atomic E-state index is 11.0. The Kier molecular flexibility index (Phi) is 7.30. The summed E-state index contributed by atoms with van der Waals surface area (Å²) in [5, 5.41) is 12.0. The van der Waals surface area contributed by atoms with Gasteiger partial charge in [-0.05, 0) is 12.8 Å². The fourth-order valence-corrected chi connectivity index (χ4v) is 0.988. The van der Waals surface area contributed by atoms with E-state index in [4.69, 9.17) is 0 Å². The first kappa shape index (κ1) is 12.2. The van der Waals surface area contributed by atoms with Crippen molar-refractivity contribution >= 4 is 5.91 Å². The van der Waals surface area contributed by atoms with Crippen LogP contribution in [0.25, 0.3) is 0 Å². The molecule has 0 bridgehead atoms. The van der Waals surface area contributed by atoms with Gasteiger partial charge in [0.25, 0.3) is 0 Å². The third-order valence-electron chi connectivity index (χ3n) is 1.73. The van der Waals surface area contributed by atoms with E-state index in [1.54, 1.807) is 6.08 Å². The molecule has 3 nitrogen and oxygen atoms in total. The molecule has 0 aromatic heterocycles. The summed E-state index contributed by atoms with van der Waals surface area (Å²) in [6.07, 6.45) is 4.13. The largest absolute Gasteiger partial charge is 0.391 e. The minimum Gasteiger partial charge on any atom is -0.391 e. The minimum absolute atomic E-state index is 0.0185. The fraction of sp³-hybridized carbons (Fsp3) is 0.700. The number of nitrogens with one attached hydrogen (secondary N) is 1. The Morgan fingerprint density at radius 1 is 1.69 bits per heavy atom. The second kappa shape index (κ2) is 7.80. The smallest absolute Gasteiger partial charge is 0.220 e. The van der Waals surface area contributed by atoms with Crippen molar-refractivity contribution in [3.63, 3.8) is 0 Å². The van der Waals surface area contributed by atoms with Gasteiger partial charge in [0, 0.05) is 13.0 Å². The quantitative estimate of drug-likeness (QED) is 0.586. The summed E-state index contributed by atoms with van der Waals surface area (Å²) in [5.41, 5.74) is 0. The summed E-state index contributed by atoms with van der Waals surface area (Å²) in [7, 11) is 0. The van der Waals surface area contributed by atoms with Gasteiger partial charge in [-0.2, -0.15) is 0 Å². The second-order valence-electron chi connectivity index (χ2n) is 3.07. The van der Waals surface area contributed by atoms with Gasteiger partial charge >= 0.3 is 0 Å². The maximum atomic E-state index is 11.0. The average molecular weight is 185 g/mol. The average Bonchev–Trinajstić information content (AvgIpc) is 2.12. The lowest BCUT2D eigenvalue weighted by Crippen LogP contribution is -2.31. The number of hydrogen-bond acceptors (Lipinski definition) is 2. The zero-order valence-corrected chi connectivity index (χ0v) is 8.25. The summed E-state index contributed by atoms with van der Waals surface area (Å²) in [6.45, 7) is 5.90. The molecule has 0 aromatic carbocycles. The van der Waals surface area contributed by atoms with Crippen molar-refractivity contribution in [3.8, 4) is 0 Å². The highest BCUT2D eigenvalue weighted by Crippen LogP contribution is 1.95. The van der Waals surface area contributed by atoms with Crippen LogP contribution in [0.1, 0.15) is 32.6 Å². The number of rotatable bonds is 7. The van der Waals surface area contributed by atoms with E-state index in [9.17, 15) is 9.90 Å². The van der Waals surface area contributed by atoms with E-state index < -0.39 is 6.10 Å². The first-order chi connectivity index (χ1) is 6.20. The van der Waals surface area contributed by atoms with Crippen molar-refractivity contribution in [1.29, 1.82) is 0 Å². The lowest BCUT2D eigenvalue weighted by molar-refractivity contribution is -0.121. The second-order valence-corrected chi connectivity index (χ2v) is 3.07. The molecule has 0 aliphatic heterocycles. The van der Waals surface area contributed by atoms with E-state index in [0.717, 1.165) is 12.8 Å². The van der Waals surface area contributed by atoms with Gasteiger partial charge in [0.15, 0.2) is 0 Å². The molecule has 0 heterocycles. The summed E-state index contributed by atoms with van der Waals surface area (Å²) >= 11 is 0. The molecule has 0 aromatic rings. The standard InChI is InChI=1S/C10H19NO2/c1-3-5-7-10(13)11-8-9(12)6-4-2/h3,9,12H,1,4-8H2,2H3,(H,11,13). The van der Waals surface area contributed by atoms with E-state index in [0.29, 0.717) is 19.4 Å². The normalized spacial score (nSPS) is 12.2. The molecule has 0 radical (unpaired) electrons. The highest BCUT2D eigenvalue weighted by Gasteiger charge is 2.04. The van der Waals surface area contributed by atoms with Crippen molar-refractivity contribution < 1.29 is 9.90 Å². The number of hydrogen-bond donors (Lipinski definition) is 2. The number of amides is 1. The van der Waals surface area contributed by atoms with Crippen LogP contribution in [0.15, 0.2) is 12.7 Å². The van der Waals surface area contributed by atoms with Crippen molar-refractivity contribution in [2.45, 2.75) is 38.7 Å². The van der Waals surface area contributed by atoms with Gasteiger partial charge < -0.3 is 10.4 Å². The van der Waals surface area contributed by atoms with Crippen molar-refractivity contribution in [2.24, 2.45) is 0 Å². The van der Waals surface area contributed by atoms with E-state index in [1.807, 2.05) is 6.92 Å². The van der Waals surface area contributed by atoms with Crippen molar-refractivity contribution in [1.82, 2.24) is 5.32 Å². The molecule has 1 unspecified atom stereocenters. The molecular formula is C10H19NO2. The van der Waals surface area contributed by atoms with Gasteiger partial charge in [-0.15, -0.1) is 6.58 Å². The van der Waals surface area contributed by atoms with Gasteiger partial charge in [0.2, 0.25) is 5.91 Å². The zero-order valence-electron chi connectivity index (χ0n) is 8.25. The number of carbonyl (C=O) groups is 1. The van der Waals surface area contributed by atoms with Crippen molar-refractivity contribution in [2.75, 3.05) is 6.54 Å². The molecule has 0 spiro atoms. The summed E-state index contributed by atoms with van der Waals surface area (Å²) in [5.74, 6) is -0.0185. The Hall–Kier alpha value is -0.830. The van der Waals surface area contributed by atoms with Crippen LogP contribution in [0.2, 0.25) is 0 Å². The van der Waals surface area contributed by atoms with E-state index >= 15 is 0 Å². The molecule has 2 N–H and O–H groups in total. The van der Waals surface area contributed by atoms with Gasteiger partial charge in [-0.3, -0.25) is 4.79 Å². The van der Waals surface area contributed by atoms with Crippen LogP contribution < -0.4 is 5.32 Å². The number of aliphatic hydroxyl groups excluding tert-OH is 1. The molecule has 0 rings (SSSR count). The molecular weight excluding hydrogens is 166 g/mol.